The number of rotatable bonds is 5. The molecule has 1 aliphatic rings. The molecule has 3 N–H and O–H groups in total. The van der Waals surface area contributed by atoms with Crippen molar-refractivity contribution in [2.75, 3.05) is 24.6 Å². The molecule has 1 aromatic heterocycles. The predicted molar refractivity (Wildman–Crippen MR) is 130 cm³/mol. The van der Waals surface area contributed by atoms with E-state index in [1.165, 1.54) is 6.07 Å². The number of nitrogens with zero attached hydrogens (tertiary/aromatic N) is 2. The zero-order valence-corrected chi connectivity index (χ0v) is 18.9. The average Bonchev–Trinajstić information content (AvgIpc) is 3.19. The van der Waals surface area contributed by atoms with E-state index in [1.807, 2.05) is 29.2 Å². The first-order valence-corrected chi connectivity index (χ1v) is 11.3. The SMILES string of the molecule is C=CC(=O)NC1(CO)CN(c2snc3c(F)c(-c4cc(O)cc5ccccc45)c(Cl)cc23)C1. The Hall–Kier alpha value is -3.20. The van der Waals surface area contributed by atoms with Crippen LogP contribution in [0.15, 0.2) is 55.1 Å². The molecule has 0 bridgehead atoms. The number of phenols is 1. The number of carbonyl (C=O) groups is 1. The number of amides is 1. The molecule has 6 nitrogen and oxygen atoms in total. The molecule has 0 unspecified atom stereocenters. The van der Waals surface area contributed by atoms with Crippen LogP contribution in [0.1, 0.15) is 0 Å². The van der Waals surface area contributed by atoms with Crippen molar-refractivity contribution >= 4 is 55.7 Å². The number of hydrogen-bond acceptors (Lipinski definition) is 6. The van der Waals surface area contributed by atoms with Gasteiger partial charge >= 0.3 is 0 Å². The van der Waals surface area contributed by atoms with Crippen molar-refractivity contribution < 1.29 is 19.4 Å². The van der Waals surface area contributed by atoms with Crippen LogP contribution in [0.3, 0.4) is 0 Å². The van der Waals surface area contributed by atoms with Crippen molar-refractivity contribution in [3.8, 4) is 16.9 Å². The number of aliphatic hydroxyl groups is 1. The maximum absolute atomic E-state index is 15.8. The second-order valence-electron chi connectivity index (χ2n) is 8.13. The monoisotopic (exact) mass is 483 g/mol. The summed E-state index contributed by atoms with van der Waals surface area (Å²) in [5, 5.41) is 25.7. The van der Waals surface area contributed by atoms with Crippen molar-refractivity contribution in [2.45, 2.75) is 5.54 Å². The summed E-state index contributed by atoms with van der Waals surface area (Å²) in [6.07, 6.45) is 1.16. The minimum Gasteiger partial charge on any atom is -0.508 e. The van der Waals surface area contributed by atoms with E-state index in [0.717, 1.165) is 28.4 Å². The third-order valence-corrected chi connectivity index (χ3v) is 7.14. The first kappa shape index (κ1) is 21.6. The van der Waals surface area contributed by atoms with Crippen molar-refractivity contribution in [3.63, 3.8) is 0 Å². The first-order chi connectivity index (χ1) is 15.9. The van der Waals surface area contributed by atoms with Gasteiger partial charge in [0.05, 0.1) is 17.2 Å². The number of aromatic nitrogens is 1. The number of aliphatic hydroxyl groups excluding tert-OH is 1. The summed E-state index contributed by atoms with van der Waals surface area (Å²) in [5.41, 5.74) is 0.0581. The Balaban J connectivity index is 1.57. The fourth-order valence-electron chi connectivity index (χ4n) is 4.33. The van der Waals surface area contributed by atoms with Crippen LogP contribution in [-0.2, 0) is 4.79 Å². The smallest absolute Gasteiger partial charge is 0.244 e. The van der Waals surface area contributed by atoms with Gasteiger partial charge in [-0.15, -0.1) is 0 Å². The number of benzene rings is 3. The Bertz CT molecular complexity index is 1430. The van der Waals surface area contributed by atoms with Gasteiger partial charge in [0.1, 0.15) is 16.3 Å². The number of phenolic OH excluding ortho intramolecular Hbond substituents is 1. The van der Waals surface area contributed by atoms with Crippen LogP contribution in [0, 0.1) is 5.82 Å². The zero-order valence-electron chi connectivity index (χ0n) is 17.3. The summed E-state index contributed by atoms with van der Waals surface area (Å²) in [4.78, 5) is 13.6. The number of fused-ring (bicyclic) bond motifs is 2. The van der Waals surface area contributed by atoms with Gasteiger partial charge in [-0.25, -0.2) is 4.39 Å². The van der Waals surface area contributed by atoms with Crippen LogP contribution >= 0.6 is 23.1 Å². The van der Waals surface area contributed by atoms with Gasteiger partial charge in [-0.3, -0.25) is 4.79 Å². The van der Waals surface area contributed by atoms with E-state index in [1.54, 1.807) is 12.1 Å². The van der Waals surface area contributed by atoms with E-state index in [9.17, 15) is 15.0 Å². The van der Waals surface area contributed by atoms with Gasteiger partial charge in [0.15, 0.2) is 5.82 Å². The molecule has 1 fully saturated rings. The molecule has 0 atom stereocenters. The minimum absolute atomic E-state index is 0.0146. The molecular weight excluding hydrogens is 465 g/mol. The second-order valence-corrected chi connectivity index (χ2v) is 9.29. The highest BCUT2D eigenvalue weighted by Crippen LogP contribution is 2.45. The van der Waals surface area contributed by atoms with Crippen molar-refractivity contribution in [1.29, 1.82) is 0 Å². The van der Waals surface area contributed by atoms with Crippen LogP contribution in [0.5, 0.6) is 5.75 Å². The van der Waals surface area contributed by atoms with Gasteiger partial charge in [-0.05, 0) is 52.1 Å². The fraction of sp³-hybridized carbons (Fsp3) is 0.167. The van der Waals surface area contributed by atoms with Gasteiger partial charge in [0.2, 0.25) is 5.91 Å². The summed E-state index contributed by atoms with van der Waals surface area (Å²) >= 11 is 7.72. The highest BCUT2D eigenvalue weighted by Gasteiger charge is 2.45. The van der Waals surface area contributed by atoms with Crippen LogP contribution in [-0.4, -0.2) is 45.7 Å². The van der Waals surface area contributed by atoms with Gasteiger partial charge in [-0.2, -0.15) is 4.37 Å². The van der Waals surface area contributed by atoms with Gasteiger partial charge in [-0.1, -0.05) is 42.4 Å². The van der Waals surface area contributed by atoms with Gasteiger partial charge < -0.3 is 20.4 Å². The molecule has 1 aliphatic heterocycles. The number of aromatic hydroxyl groups is 1. The van der Waals surface area contributed by atoms with Gasteiger partial charge in [0.25, 0.3) is 0 Å². The lowest BCUT2D eigenvalue weighted by atomic mass is 9.90. The summed E-state index contributed by atoms with van der Waals surface area (Å²) in [5.74, 6) is -0.916. The number of anilines is 1. The molecule has 2 heterocycles. The van der Waals surface area contributed by atoms with Crippen LogP contribution in [0.4, 0.5) is 9.39 Å². The van der Waals surface area contributed by atoms with E-state index in [0.29, 0.717) is 29.0 Å². The Morgan fingerprint density at radius 3 is 2.79 bits per heavy atom. The van der Waals surface area contributed by atoms with Crippen LogP contribution in [0.25, 0.3) is 32.8 Å². The zero-order chi connectivity index (χ0) is 23.3. The molecule has 5 rings (SSSR count). The molecule has 1 saturated heterocycles. The third kappa shape index (κ3) is 3.51. The molecule has 0 saturated carbocycles. The molecule has 0 radical (unpaired) electrons. The highest BCUT2D eigenvalue weighted by molar-refractivity contribution is 7.11. The Morgan fingerprint density at radius 1 is 1.30 bits per heavy atom. The Morgan fingerprint density at radius 2 is 2.06 bits per heavy atom. The minimum atomic E-state index is -0.787. The van der Waals surface area contributed by atoms with Gasteiger partial charge in [0, 0.05) is 24.0 Å². The first-order valence-electron chi connectivity index (χ1n) is 10.2. The molecule has 168 valence electrons. The van der Waals surface area contributed by atoms with E-state index in [4.69, 9.17) is 11.6 Å². The molecule has 3 aromatic carbocycles. The van der Waals surface area contributed by atoms with E-state index in [-0.39, 0.29) is 34.4 Å². The highest BCUT2D eigenvalue weighted by atomic mass is 35.5. The van der Waals surface area contributed by atoms with E-state index < -0.39 is 11.4 Å². The summed E-state index contributed by atoms with van der Waals surface area (Å²) in [7, 11) is 0. The molecule has 33 heavy (non-hydrogen) atoms. The molecule has 1 amide bonds. The number of carbonyl (C=O) groups excluding carboxylic acids is 1. The Kier molecular flexibility index (Phi) is 5.23. The van der Waals surface area contributed by atoms with Crippen molar-refractivity contribution in [2.24, 2.45) is 0 Å². The molecule has 9 heteroatoms. The van der Waals surface area contributed by atoms with E-state index in [2.05, 4.69) is 16.3 Å². The lowest BCUT2D eigenvalue weighted by Crippen LogP contribution is -2.72. The maximum atomic E-state index is 15.8. The lowest BCUT2D eigenvalue weighted by Gasteiger charge is -2.49. The lowest BCUT2D eigenvalue weighted by molar-refractivity contribution is -0.119. The van der Waals surface area contributed by atoms with Crippen LogP contribution < -0.4 is 10.2 Å². The topological polar surface area (TPSA) is 85.7 Å². The Labute approximate surface area is 197 Å². The van der Waals surface area contributed by atoms with Crippen molar-refractivity contribution in [3.05, 3.63) is 66.0 Å². The number of nitrogens with one attached hydrogen (secondary N) is 1. The molecule has 0 spiro atoms. The quantitative estimate of drug-likeness (QED) is 0.365. The molecular formula is C24H19ClFN3O3S. The molecule has 0 aliphatic carbocycles. The summed E-state index contributed by atoms with van der Waals surface area (Å²) in [6.45, 7) is 3.90. The molecule has 4 aromatic rings. The second kappa shape index (κ2) is 7.98. The van der Waals surface area contributed by atoms with Crippen molar-refractivity contribution in [1.82, 2.24) is 9.69 Å². The van der Waals surface area contributed by atoms with Crippen LogP contribution in [0.2, 0.25) is 5.02 Å². The number of halogens is 2. The number of hydrogen-bond donors (Lipinski definition) is 3. The predicted octanol–water partition coefficient (Wildman–Crippen LogP) is 4.47. The summed E-state index contributed by atoms with van der Waals surface area (Å²) in [6, 6.07) is 12.2. The fourth-order valence-corrected chi connectivity index (χ4v) is 5.48. The average molecular weight is 484 g/mol. The third-order valence-electron chi connectivity index (χ3n) is 5.91. The largest absolute Gasteiger partial charge is 0.508 e. The summed E-state index contributed by atoms with van der Waals surface area (Å²) < 4.78 is 20.1. The standard InChI is InChI=1S/C24H19ClFN3O3S/c1-2-19(32)27-24(12-30)10-29(11-24)23-17-9-18(25)20(21(26)22(17)28-33-23)16-8-14(31)7-13-5-3-4-6-15(13)16/h2-9,30-31H,1,10-12H2,(H,27,32). The maximum Gasteiger partial charge on any atom is 0.244 e. The normalized spacial score (nSPS) is 14.9. The van der Waals surface area contributed by atoms with E-state index >= 15 is 4.39 Å².